The number of hydrogen-bond acceptors (Lipinski definition) is 4. The van der Waals surface area contributed by atoms with E-state index in [1.165, 1.54) is 24.6 Å². The minimum absolute atomic E-state index is 0.0609. The first-order valence-electron chi connectivity index (χ1n) is 8.36. The summed E-state index contributed by atoms with van der Waals surface area (Å²) in [5, 5.41) is 2.94. The Bertz CT molecular complexity index is 737. The Labute approximate surface area is 151 Å². The van der Waals surface area contributed by atoms with Crippen LogP contribution in [-0.2, 0) is 11.3 Å². The minimum Gasteiger partial charge on any atom is -0.358 e. The zero-order valence-electron chi connectivity index (χ0n) is 13.8. The summed E-state index contributed by atoms with van der Waals surface area (Å²) in [5.41, 5.74) is 1.95. The molecule has 1 aromatic carbocycles. The summed E-state index contributed by atoms with van der Waals surface area (Å²) < 4.78 is 2.89. The van der Waals surface area contributed by atoms with Crippen LogP contribution in [0.25, 0.3) is 11.0 Å². The number of nitrogens with zero attached hydrogens (tertiary/aromatic N) is 3. The van der Waals surface area contributed by atoms with Crippen LogP contribution in [0.2, 0.25) is 0 Å². The minimum atomic E-state index is -0.0609. The monoisotopic (exact) mass is 362 g/mol. The summed E-state index contributed by atoms with van der Waals surface area (Å²) in [7, 11) is 0. The van der Waals surface area contributed by atoms with Gasteiger partial charge in [-0.3, -0.25) is 10.1 Å². The number of carbonyl (C=O) groups is 1. The van der Waals surface area contributed by atoms with Gasteiger partial charge in [-0.15, -0.1) is 0 Å². The van der Waals surface area contributed by atoms with Crippen molar-refractivity contribution in [2.45, 2.75) is 32.7 Å². The van der Waals surface area contributed by atoms with Gasteiger partial charge in [0.15, 0.2) is 0 Å². The fourth-order valence-corrected chi connectivity index (χ4v) is 3.95. The molecule has 1 saturated heterocycles. The van der Waals surface area contributed by atoms with E-state index < -0.39 is 0 Å². The number of aromatic nitrogens is 2. The Balaban J connectivity index is 1.64. The highest BCUT2D eigenvalue weighted by atomic mass is 32.2. The van der Waals surface area contributed by atoms with Gasteiger partial charge in [0.25, 0.3) is 0 Å². The van der Waals surface area contributed by atoms with Crippen LogP contribution < -0.4 is 5.32 Å². The Morgan fingerprint density at radius 3 is 2.83 bits per heavy atom. The summed E-state index contributed by atoms with van der Waals surface area (Å²) in [6, 6.07) is 7.95. The molecule has 0 spiro atoms. The Morgan fingerprint density at radius 2 is 2.08 bits per heavy atom. The molecule has 0 unspecified atom stereocenters. The zero-order chi connectivity index (χ0) is 16.9. The summed E-state index contributed by atoms with van der Waals surface area (Å²) in [6.07, 6.45) is 3.36. The Hall–Kier alpha value is -1.60. The number of hydrogen-bond donors (Lipinski definition) is 1. The highest BCUT2D eigenvalue weighted by Gasteiger charge is 2.17. The molecular weight excluding hydrogens is 340 g/mol. The maximum absolute atomic E-state index is 12.3. The highest BCUT2D eigenvalue weighted by molar-refractivity contribution is 8.23. The molecule has 0 atom stereocenters. The maximum Gasteiger partial charge on any atom is 0.237 e. The van der Waals surface area contributed by atoms with Crippen molar-refractivity contribution in [1.82, 2.24) is 14.5 Å². The molecule has 7 heteroatoms. The normalized spacial score (nSPS) is 14.3. The summed E-state index contributed by atoms with van der Waals surface area (Å²) in [4.78, 5) is 19.0. The third kappa shape index (κ3) is 3.89. The van der Waals surface area contributed by atoms with Crippen LogP contribution in [0.1, 0.15) is 26.2 Å². The first kappa shape index (κ1) is 17.2. The van der Waals surface area contributed by atoms with Crippen LogP contribution in [0.3, 0.4) is 0 Å². The van der Waals surface area contributed by atoms with Crippen molar-refractivity contribution < 1.29 is 4.79 Å². The number of amides is 1. The number of nitrogens with one attached hydrogen (secondary N) is 1. The first-order valence-corrected chi connectivity index (χ1v) is 9.75. The summed E-state index contributed by atoms with van der Waals surface area (Å²) in [6.45, 7) is 4.97. The standard InChI is InChI=1S/C17H22N4OS2/c1-2-9-21-14-8-4-3-7-13(14)18-16(21)19-15(22)12-24-17(23)20-10-5-6-11-20/h3-4,7-8H,2,5-6,9-12H2,1H3,(H,18,19,22). The maximum atomic E-state index is 12.3. The molecule has 24 heavy (non-hydrogen) atoms. The molecule has 5 nitrogen and oxygen atoms in total. The van der Waals surface area contributed by atoms with E-state index in [1.807, 2.05) is 24.3 Å². The zero-order valence-corrected chi connectivity index (χ0v) is 15.5. The fraction of sp³-hybridized carbons (Fsp3) is 0.471. The number of thioether (sulfide) groups is 1. The molecule has 0 bridgehead atoms. The molecule has 1 aromatic heterocycles. The van der Waals surface area contributed by atoms with Gasteiger partial charge < -0.3 is 9.47 Å². The number of imidazole rings is 1. The third-order valence-electron chi connectivity index (χ3n) is 4.04. The highest BCUT2D eigenvalue weighted by Crippen LogP contribution is 2.21. The molecule has 1 fully saturated rings. The average Bonchev–Trinajstić information content (AvgIpc) is 3.22. The molecule has 2 heterocycles. The van der Waals surface area contributed by atoms with Gasteiger partial charge in [0.2, 0.25) is 11.9 Å². The summed E-state index contributed by atoms with van der Waals surface area (Å²) >= 11 is 6.84. The number of rotatable bonds is 5. The van der Waals surface area contributed by atoms with Gasteiger partial charge in [-0.1, -0.05) is 43.0 Å². The number of fused-ring (bicyclic) bond motifs is 1. The lowest BCUT2D eigenvalue weighted by atomic mass is 10.3. The molecule has 1 aliphatic heterocycles. The molecule has 0 saturated carbocycles. The van der Waals surface area contributed by atoms with E-state index in [0.29, 0.717) is 11.7 Å². The van der Waals surface area contributed by atoms with Crippen molar-refractivity contribution in [2.75, 3.05) is 24.2 Å². The number of anilines is 1. The van der Waals surface area contributed by atoms with Gasteiger partial charge in [0, 0.05) is 19.6 Å². The number of carbonyl (C=O) groups excluding carboxylic acids is 1. The van der Waals surface area contributed by atoms with Gasteiger partial charge in [0.05, 0.1) is 16.8 Å². The van der Waals surface area contributed by atoms with E-state index in [9.17, 15) is 4.79 Å². The molecular formula is C17H22N4OS2. The van der Waals surface area contributed by atoms with E-state index in [2.05, 4.69) is 26.7 Å². The van der Waals surface area contributed by atoms with Gasteiger partial charge >= 0.3 is 0 Å². The fourth-order valence-electron chi connectivity index (χ4n) is 2.90. The predicted molar refractivity (Wildman–Crippen MR) is 105 cm³/mol. The van der Waals surface area contributed by atoms with Gasteiger partial charge in [0.1, 0.15) is 4.32 Å². The number of aryl methyl sites for hydroxylation is 1. The second-order valence-corrected chi connectivity index (χ2v) is 7.48. The third-order valence-corrected chi connectivity index (χ3v) is 5.57. The first-order chi connectivity index (χ1) is 11.7. The molecule has 1 amide bonds. The van der Waals surface area contributed by atoms with E-state index in [-0.39, 0.29) is 5.91 Å². The van der Waals surface area contributed by atoms with Crippen molar-refractivity contribution in [3.8, 4) is 0 Å². The van der Waals surface area contributed by atoms with Crippen LogP contribution in [-0.4, -0.2) is 43.5 Å². The van der Waals surface area contributed by atoms with Crippen LogP contribution in [0.5, 0.6) is 0 Å². The lowest BCUT2D eigenvalue weighted by molar-refractivity contribution is -0.113. The molecule has 2 aromatic rings. The van der Waals surface area contributed by atoms with Crippen molar-refractivity contribution in [2.24, 2.45) is 0 Å². The molecule has 1 aliphatic rings. The molecule has 0 aliphatic carbocycles. The molecule has 3 rings (SSSR count). The van der Waals surface area contributed by atoms with Crippen LogP contribution in [0, 0.1) is 0 Å². The molecule has 128 valence electrons. The van der Waals surface area contributed by atoms with Crippen LogP contribution in [0.4, 0.5) is 5.95 Å². The number of thiocarbonyl (C=S) groups is 1. The molecule has 1 N–H and O–H groups in total. The Kier molecular flexibility index (Phi) is 5.73. The van der Waals surface area contributed by atoms with Crippen LogP contribution >= 0.6 is 24.0 Å². The predicted octanol–water partition coefficient (Wildman–Crippen LogP) is 3.50. The van der Waals surface area contributed by atoms with E-state index >= 15 is 0 Å². The van der Waals surface area contributed by atoms with E-state index in [0.717, 1.165) is 41.4 Å². The van der Waals surface area contributed by atoms with E-state index in [1.54, 1.807) is 0 Å². The van der Waals surface area contributed by atoms with Gasteiger partial charge in [-0.2, -0.15) is 0 Å². The van der Waals surface area contributed by atoms with Gasteiger partial charge in [-0.25, -0.2) is 4.98 Å². The number of para-hydroxylation sites is 2. The largest absolute Gasteiger partial charge is 0.358 e. The second kappa shape index (κ2) is 7.98. The van der Waals surface area contributed by atoms with Crippen LogP contribution in [0.15, 0.2) is 24.3 Å². The SMILES string of the molecule is CCCn1c(NC(=O)CSC(=S)N2CCCC2)nc2ccccc21. The van der Waals surface area contributed by atoms with Crippen molar-refractivity contribution in [1.29, 1.82) is 0 Å². The quantitative estimate of drug-likeness (QED) is 0.825. The lowest BCUT2D eigenvalue weighted by Gasteiger charge is -2.17. The van der Waals surface area contributed by atoms with Crippen molar-refractivity contribution in [3.05, 3.63) is 24.3 Å². The number of benzene rings is 1. The van der Waals surface area contributed by atoms with Crippen molar-refractivity contribution in [3.63, 3.8) is 0 Å². The summed E-state index contributed by atoms with van der Waals surface area (Å²) in [5.74, 6) is 0.884. The smallest absolute Gasteiger partial charge is 0.237 e. The van der Waals surface area contributed by atoms with Gasteiger partial charge in [-0.05, 0) is 31.4 Å². The average molecular weight is 363 g/mol. The molecule has 0 radical (unpaired) electrons. The van der Waals surface area contributed by atoms with Crippen molar-refractivity contribution >= 4 is 51.2 Å². The van der Waals surface area contributed by atoms with E-state index in [4.69, 9.17) is 12.2 Å². The Morgan fingerprint density at radius 1 is 1.33 bits per heavy atom. The second-order valence-electron chi connectivity index (χ2n) is 5.87. The lowest BCUT2D eigenvalue weighted by Crippen LogP contribution is -2.25. The topological polar surface area (TPSA) is 50.2 Å². The number of likely N-dealkylation sites (tertiary alicyclic amines) is 1.